The van der Waals surface area contributed by atoms with Crippen LogP contribution in [0.1, 0.15) is 12.5 Å². The molecule has 0 bridgehead atoms. The van der Waals surface area contributed by atoms with Crippen LogP contribution in [-0.4, -0.2) is 5.11 Å². The molecule has 3 heteroatoms. The fraction of sp³-hybridized carbons (Fsp3) is 0.250. The molecule has 0 aromatic heterocycles. The summed E-state index contributed by atoms with van der Waals surface area (Å²) in [6.07, 6.45) is 0.995. The monoisotopic (exact) mass is 326 g/mol. The van der Waals surface area contributed by atoms with Crippen molar-refractivity contribution < 1.29 is 5.11 Å². The summed E-state index contributed by atoms with van der Waals surface area (Å²) >= 11 is 5.40. The van der Waals surface area contributed by atoms with Crippen molar-refractivity contribution in [1.29, 1.82) is 0 Å². The second kappa shape index (κ2) is 3.76. The zero-order chi connectivity index (χ0) is 8.43. The van der Waals surface area contributed by atoms with Gasteiger partial charge in [-0.15, -0.1) is 0 Å². The lowest BCUT2D eigenvalue weighted by Gasteiger charge is -2.02. The Morgan fingerprint density at radius 1 is 1.55 bits per heavy atom. The molecule has 0 unspecified atom stereocenters. The quantitative estimate of drug-likeness (QED) is 0.785. The molecule has 0 atom stereocenters. The molecule has 1 aromatic carbocycles. The third-order valence-corrected chi connectivity index (χ3v) is 2.91. The van der Waals surface area contributed by atoms with Gasteiger partial charge in [-0.1, -0.05) is 6.92 Å². The first kappa shape index (κ1) is 9.32. The van der Waals surface area contributed by atoms with Gasteiger partial charge in [0.25, 0.3) is 0 Å². The highest BCUT2D eigenvalue weighted by molar-refractivity contribution is 14.1. The molecule has 0 aliphatic carbocycles. The molecule has 0 aliphatic rings. The number of hydrogen-bond acceptors (Lipinski definition) is 1. The van der Waals surface area contributed by atoms with Crippen LogP contribution in [-0.2, 0) is 6.42 Å². The fourth-order valence-corrected chi connectivity index (χ4v) is 2.39. The number of aromatic hydroxyl groups is 1. The molecular formula is C8H8BrIO. The third kappa shape index (κ3) is 2.08. The van der Waals surface area contributed by atoms with Crippen molar-refractivity contribution >= 4 is 38.5 Å². The van der Waals surface area contributed by atoms with Crippen LogP contribution in [0.3, 0.4) is 0 Å². The van der Waals surface area contributed by atoms with Crippen molar-refractivity contribution in [1.82, 2.24) is 0 Å². The first-order valence-electron chi connectivity index (χ1n) is 3.32. The van der Waals surface area contributed by atoms with Gasteiger partial charge in [0.2, 0.25) is 0 Å². The van der Waals surface area contributed by atoms with Crippen LogP contribution in [0.4, 0.5) is 0 Å². The van der Waals surface area contributed by atoms with E-state index in [0.717, 1.165) is 14.5 Å². The van der Waals surface area contributed by atoms with Crippen LogP contribution in [0.5, 0.6) is 5.75 Å². The molecule has 60 valence electrons. The van der Waals surface area contributed by atoms with E-state index in [-0.39, 0.29) is 0 Å². The molecule has 0 spiro atoms. The highest BCUT2D eigenvalue weighted by Crippen LogP contribution is 2.30. The van der Waals surface area contributed by atoms with Gasteiger partial charge in [-0.2, -0.15) is 0 Å². The Morgan fingerprint density at radius 2 is 2.18 bits per heavy atom. The first-order valence-corrected chi connectivity index (χ1v) is 5.19. The average Bonchev–Trinajstić information content (AvgIpc) is 1.99. The minimum atomic E-state index is 0.336. The van der Waals surface area contributed by atoms with Crippen LogP contribution in [0.25, 0.3) is 0 Å². The van der Waals surface area contributed by atoms with Gasteiger partial charge < -0.3 is 5.11 Å². The lowest BCUT2D eigenvalue weighted by atomic mass is 10.2. The van der Waals surface area contributed by atoms with Crippen LogP contribution in [0.2, 0.25) is 0 Å². The van der Waals surface area contributed by atoms with Crippen molar-refractivity contribution in [2.75, 3.05) is 0 Å². The molecule has 1 rings (SSSR count). The van der Waals surface area contributed by atoms with Gasteiger partial charge >= 0.3 is 0 Å². The summed E-state index contributed by atoms with van der Waals surface area (Å²) in [5, 5.41) is 9.37. The van der Waals surface area contributed by atoms with E-state index in [1.807, 2.05) is 12.1 Å². The Labute approximate surface area is 88.1 Å². The summed E-state index contributed by atoms with van der Waals surface area (Å²) < 4.78 is 1.68. The number of phenols is 1. The van der Waals surface area contributed by atoms with Gasteiger partial charge in [-0.05, 0) is 62.6 Å². The molecule has 0 radical (unpaired) electrons. The predicted octanol–water partition coefficient (Wildman–Crippen LogP) is 3.32. The summed E-state index contributed by atoms with van der Waals surface area (Å²) in [6, 6.07) is 3.93. The second-order valence-electron chi connectivity index (χ2n) is 2.26. The fourth-order valence-electron chi connectivity index (χ4n) is 0.822. The second-order valence-corrected chi connectivity index (χ2v) is 4.28. The summed E-state index contributed by atoms with van der Waals surface area (Å²) in [5.41, 5.74) is 1.24. The smallest absolute Gasteiger partial charge is 0.143 e. The van der Waals surface area contributed by atoms with Crippen LogP contribution in [0.15, 0.2) is 16.6 Å². The maximum atomic E-state index is 9.37. The standard InChI is InChI=1S/C8H8BrIO/c1-2-5-3-6(9)8(11)7(10)4-5/h3-4,11H,2H2,1H3. The van der Waals surface area contributed by atoms with Crippen molar-refractivity contribution in [3.8, 4) is 5.75 Å². The van der Waals surface area contributed by atoms with E-state index in [4.69, 9.17) is 0 Å². The van der Waals surface area contributed by atoms with Gasteiger partial charge in [-0.25, -0.2) is 0 Å². The summed E-state index contributed by atoms with van der Waals surface area (Å²) in [7, 11) is 0. The molecule has 0 heterocycles. The number of halogens is 2. The molecule has 1 nitrogen and oxygen atoms in total. The Hall–Kier alpha value is 0.230. The topological polar surface area (TPSA) is 20.2 Å². The van der Waals surface area contributed by atoms with Gasteiger partial charge in [-0.3, -0.25) is 0 Å². The highest BCUT2D eigenvalue weighted by atomic mass is 127. The van der Waals surface area contributed by atoms with Crippen LogP contribution < -0.4 is 0 Å². The lowest BCUT2D eigenvalue weighted by Crippen LogP contribution is -1.83. The molecule has 0 saturated heterocycles. The van der Waals surface area contributed by atoms with Crippen molar-refractivity contribution in [3.05, 3.63) is 25.7 Å². The van der Waals surface area contributed by atoms with E-state index >= 15 is 0 Å². The molecule has 1 N–H and O–H groups in total. The van der Waals surface area contributed by atoms with E-state index < -0.39 is 0 Å². The minimum absolute atomic E-state index is 0.336. The number of aryl methyl sites for hydroxylation is 1. The Kier molecular flexibility index (Phi) is 3.18. The first-order chi connectivity index (χ1) is 5.15. The highest BCUT2D eigenvalue weighted by Gasteiger charge is 2.03. The maximum absolute atomic E-state index is 9.37. The summed E-state index contributed by atoms with van der Waals surface area (Å²) in [6.45, 7) is 2.09. The minimum Gasteiger partial charge on any atom is -0.506 e. The van der Waals surface area contributed by atoms with E-state index in [1.165, 1.54) is 5.56 Å². The van der Waals surface area contributed by atoms with E-state index in [9.17, 15) is 5.11 Å². The van der Waals surface area contributed by atoms with E-state index in [2.05, 4.69) is 45.4 Å². The molecule has 0 saturated carbocycles. The molecule has 0 aliphatic heterocycles. The van der Waals surface area contributed by atoms with Crippen molar-refractivity contribution in [2.24, 2.45) is 0 Å². The lowest BCUT2D eigenvalue weighted by molar-refractivity contribution is 0.468. The normalized spacial score (nSPS) is 10.1. The third-order valence-electron chi connectivity index (χ3n) is 1.48. The average molecular weight is 327 g/mol. The van der Waals surface area contributed by atoms with Crippen molar-refractivity contribution in [3.63, 3.8) is 0 Å². The van der Waals surface area contributed by atoms with E-state index in [0.29, 0.717) is 5.75 Å². The molecule has 0 amide bonds. The summed E-state index contributed by atoms with van der Waals surface area (Å²) in [5.74, 6) is 0.336. The number of benzene rings is 1. The van der Waals surface area contributed by atoms with Gasteiger partial charge in [0.05, 0.1) is 8.04 Å². The zero-order valence-corrected chi connectivity index (χ0v) is 9.81. The molecule has 11 heavy (non-hydrogen) atoms. The van der Waals surface area contributed by atoms with Gasteiger partial charge in [0.1, 0.15) is 5.75 Å². The largest absolute Gasteiger partial charge is 0.506 e. The summed E-state index contributed by atoms with van der Waals surface area (Å²) in [4.78, 5) is 0. The van der Waals surface area contributed by atoms with Gasteiger partial charge in [0.15, 0.2) is 0 Å². The van der Waals surface area contributed by atoms with Gasteiger partial charge in [0, 0.05) is 0 Å². The number of hydrogen-bond donors (Lipinski definition) is 1. The Morgan fingerprint density at radius 3 is 2.64 bits per heavy atom. The van der Waals surface area contributed by atoms with E-state index in [1.54, 1.807) is 0 Å². The zero-order valence-electron chi connectivity index (χ0n) is 6.06. The molecular weight excluding hydrogens is 319 g/mol. The Bertz CT molecular complexity index is 250. The maximum Gasteiger partial charge on any atom is 0.143 e. The van der Waals surface area contributed by atoms with Crippen LogP contribution in [0, 0.1) is 3.57 Å². The number of phenolic OH excluding ortho intramolecular Hbond substituents is 1. The van der Waals surface area contributed by atoms with Crippen molar-refractivity contribution in [2.45, 2.75) is 13.3 Å². The predicted molar refractivity (Wildman–Crippen MR) is 57.9 cm³/mol. The van der Waals surface area contributed by atoms with Crippen LogP contribution >= 0.6 is 38.5 Å². The number of rotatable bonds is 1. The molecule has 1 aromatic rings. The SMILES string of the molecule is CCc1cc(Br)c(O)c(I)c1. The Balaban J connectivity index is 3.21. The molecule has 0 fully saturated rings.